The Bertz CT molecular complexity index is 112. The highest BCUT2D eigenvalue weighted by Gasteiger charge is 2.20. The van der Waals surface area contributed by atoms with E-state index in [-0.39, 0.29) is 0 Å². The van der Waals surface area contributed by atoms with Crippen molar-refractivity contribution in [2.24, 2.45) is 0 Å². The van der Waals surface area contributed by atoms with Crippen LogP contribution in [0.2, 0.25) is 0 Å². The maximum atomic E-state index is 9.75. The Labute approximate surface area is 70.6 Å². The molecule has 12 heavy (non-hydrogen) atoms. The maximum absolute atomic E-state index is 9.75. The van der Waals surface area contributed by atoms with Gasteiger partial charge in [0.05, 0.1) is 13.2 Å². The van der Waals surface area contributed by atoms with Gasteiger partial charge in [-0.25, -0.2) is 0 Å². The third-order valence-corrected chi connectivity index (χ3v) is 1.56. The summed E-state index contributed by atoms with van der Waals surface area (Å²) in [7, 11) is -3.34. The molecule has 1 aliphatic heterocycles. The standard InChI is InChI=1S/C4H10NOP.BF4/c7-5-1-3-6-4-2-5;2-1(3,4)5/h1-4,7H2;/q;-1. The monoisotopic (exact) mass is 206 g/mol. The van der Waals surface area contributed by atoms with Crippen molar-refractivity contribution in [1.29, 1.82) is 0 Å². The predicted octanol–water partition coefficient (Wildman–Crippen LogP) is 1.41. The molecular formula is C4H10BF4NOP-. The van der Waals surface area contributed by atoms with Gasteiger partial charge in [-0.3, -0.25) is 4.67 Å². The highest BCUT2D eigenvalue weighted by atomic mass is 31.0. The molecule has 1 saturated heterocycles. The number of hydrogen-bond acceptors (Lipinski definition) is 2. The third-order valence-electron chi connectivity index (χ3n) is 1.05. The van der Waals surface area contributed by atoms with Crippen molar-refractivity contribution in [2.45, 2.75) is 0 Å². The van der Waals surface area contributed by atoms with E-state index in [1.807, 2.05) is 0 Å². The summed E-state index contributed by atoms with van der Waals surface area (Å²) in [5.74, 6) is 0. The topological polar surface area (TPSA) is 12.5 Å². The van der Waals surface area contributed by atoms with Crippen LogP contribution < -0.4 is 0 Å². The van der Waals surface area contributed by atoms with Gasteiger partial charge in [0.1, 0.15) is 0 Å². The van der Waals surface area contributed by atoms with Crippen LogP contribution >= 0.6 is 9.39 Å². The lowest BCUT2D eigenvalue weighted by atomic mass is 10.3. The summed E-state index contributed by atoms with van der Waals surface area (Å²) in [6, 6.07) is 0. The van der Waals surface area contributed by atoms with Crippen LogP contribution in [-0.2, 0) is 4.74 Å². The number of halogens is 4. The summed E-state index contributed by atoms with van der Waals surface area (Å²) in [5.41, 5.74) is 0. The van der Waals surface area contributed by atoms with Crippen molar-refractivity contribution in [2.75, 3.05) is 26.3 Å². The molecule has 0 aromatic heterocycles. The van der Waals surface area contributed by atoms with E-state index in [4.69, 9.17) is 4.74 Å². The minimum atomic E-state index is -6.00. The maximum Gasteiger partial charge on any atom is 0.673 e. The van der Waals surface area contributed by atoms with Crippen molar-refractivity contribution < 1.29 is 22.0 Å². The zero-order valence-corrected chi connectivity index (χ0v) is 7.51. The molecule has 0 amide bonds. The van der Waals surface area contributed by atoms with E-state index in [9.17, 15) is 17.3 Å². The van der Waals surface area contributed by atoms with Crippen LogP contribution in [0, 0.1) is 0 Å². The highest BCUT2D eigenvalue weighted by molar-refractivity contribution is 7.13. The molecular weight excluding hydrogens is 196 g/mol. The lowest BCUT2D eigenvalue weighted by molar-refractivity contribution is 0.0769. The molecule has 0 aromatic rings. The first-order valence-electron chi connectivity index (χ1n) is 3.34. The van der Waals surface area contributed by atoms with Crippen molar-refractivity contribution in [3.8, 4) is 0 Å². The van der Waals surface area contributed by atoms with Crippen LogP contribution in [0.5, 0.6) is 0 Å². The van der Waals surface area contributed by atoms with E-state index < -0.39 is 7.25 Å². The average Bonchev–Trinajstić information content (AvgIpc) is 1.85. The molecule has 1 heterocycles. The zero-order valence-electron chi connectivity index (χ0n) is 6.35. The molecule has 0 radical (unpaired) electrons. The largest absolute Gasteiger partial charge is 0.673 e. The lowest BCUT2D eigenvalue weighted by Crippen LogP contribution is -2.28. The molecule has 2 nitrogen and oxygen atoms in total. The van der Waals surface area contributed by atoms with Gasteiger partial charge >= 0.3 is 7.25 Å². The number of ether oxygens (including phenoxy) is 1. The molecule has 74 valence electrons. The Kier molecular flexibility index (Phi) is 5.79. The average molecular weight is 206 g/mol. The van der Waals surface area contributed by atoms with Crippen molar-refractivity contribution >= 4 is 16.6 Å². The molecule has 1 unspecified atom stereocenters. The molecule has 8 heteroatoms. The first-order chi connectivity index (χ1) is 5.39. The van der Waals surface area contributed by atoms with Crippen molar-refractivity contribution in [3.63, 3.8) is 0 Å². The van der Waals surface area contributed by atoms with Crippen LogP contribution in [-0.4, -0.2) is 38.2 Å². The molecule has 0 bridgehead atoms. The third kappa shape index (κ3) is 12.8. The number of nitrogens with zero attached hydrogens (tertiary/aromatic N) is 1. The van der Waals surface area contributed by atoms with Gasteiger partial charge in [-0.2, -0.15) is 0 Å². The number of rotatable bonds is 0. The van der Waals surface area contributed by atoms with Crippen LogP contribution in [0.15, 0.2) is 0 Å². The molecule has 1 aliphatic rings. The smallest absolute Gasteiger partial charge is 0.418 e. The summed E-state index contributed by atoms with van der Waals surface area (Å²) in [6.07, 6.45) is 0. The second kappa shape index (κ2) is 5.72. The van der Waals surface area contributed by atoms with Crippen molar-refractivity contribution in [3.05, 3.63) is 0 Å². The zero-order chi connectivity index (χ0) is 9.61. The second-order valence-corrected chi connectivity index (χ2v) is 2.87. The fourth-order valence-corrected chi connectivity index (χ4v) is 0.788. The molecule has 1 rings (SSSR count). The quantitative estimate of drug-likeness (QED) is 0.337. The van der Waals surface area contributed by atoms with E-state index in [1.165, 1.54) is 0 Å². The summed E-state index contributed by atoms with van der Waals surface area (Å²) < 4.78 is 46.3. The number of morpholine rings is 1. The minimum absolute atomic E-state index is 0.892. The van der Waals surface area contributed by atoms with Crippen LogP contribution in [0.25, 0.3) is 0 Å². The first-order valence-corrected chi connectivity index (χ1v) is 3.86. The van der Waals surface area contributed by atoms with Gasteiger partial charge < -0.3 is 22.0 Å². The Morgan fingerprint density at radius 3 is 1.58 bits per heavy atom. The Morgan fingerprint density at radius 2 is 1.42 bits per heavy atom. The Balaban J connectivity index is 0.000000217. The predicted molar refractivity (Wildman–Crippen MR) is 42.3 cm³/mol. The molecule has 1 atom stereocenters. The summed E-state index contributed by atoms with van der Waals surface area (Å²) in [4.78, 5) is 0. The molecule has 0 saturated carbocycles. The van der Waals surface area contributed by atoms with Gasteiger partial charge in [0.15, 0.2) is 0 Å². The van der Waals surface area contributed by atoms with Crippen LogP contribution in [0.4, 0.5) is 17.3 Å². The fraction of sp³-hybridized carbons (Fsp3) is 1.00. The van der Waals surface area contributed by atoms with E-state index in [0.717, 1.165) is 26.3 Å². The van der Waals surface area contributed by atoms with Gasteiger partial charge in [0, 0.05) is 13.1 Å². The molecule has 0 aromatic carbocycles. The van der Waals surface area contributed by atoms with Gasteiger partial charge in [-0.1, -0.05) is 9.39 Å². The molecule has 0 N–H and O–H groups in total. The molecule has 1 fully saturated rings. The lowest BCUT2D eigenvalue weighted by Gasteiger charge is -2.20. The normalized spacial score (nSPS) is 19.8. The second-order valence-electron chi connectivity index (χ2n) is 2.14. The van der Waals surface area contributed by atoms with Crippen molar-refractivity contribution in [1.82, 2.24) is 4.67 Å². The van der Waals surface area contributed by atoms with E-state index >= 15 is 0 Å². The summed E-state index contributed by atoms with van der Waals surface area (Å²) in [5, 5.41) is 0. The van der Waals surface area contributed by atoms with Gasteiger partial charge in [0.25, 0.3) is 0 Å². The fourth-order valence-electron chi connectivity index (χ4n) is 0.577. The van der Waals surface area contributed by atoms with Gasteiger partial charge in [-0.15, -0.1) is 0 Å². The highest BCUT2D eigenvalue weighted by Crippen LogP contribution is 2.06. The van der Waals surface area contributed by atoms with Gasteiger partial charge in [-0.05, 0) is 0 Å². The van der Waals surface area contributed by atoms with E-state index in [1.54, 1.807) is 0 Å². The Morgan fingerprint density at radius 1 is 1.08 bits per heavy atom. The minimum Gasteiger partial charge on any atom is -0.418 e. The molecule has 0 spiro atoms. The van der Waals surface area contributed by atoms with Crippen LogP contribution in [0.1, 0.15) is 0 Å². The van der Waals surface area contributed by atoms with Gasteiger partial charge in [0.2, 0.25) is 0 Å². The van der Waals surface area contributed by atoms with Crippen LogP contribution in [0.3, 0.4) is 0 Å². The summed E-state index contributed by atoms with van der Waals surface area (Å²) in [6.45, 7) is 3.91. The summed E-state index contributed by atoms with van der Waals surface area (Å²) >= 11 is 0. The first kappa shape index (κ1) is 12.1. The Hall–Kier alpha value is 0.135. The SMILES string of the molecule is F[B-](F)(F)F.PN1CCOCC1. The van der Waals surface area contributed by atoms with E-state index in [0.29, 0.717) is 0 Å². The van der Waals surface area contributed by atoms with E-state index in [2.05, 4.69) is 14.1 Å². The molecule has 0 aliphatic carbocycles. The number of hydrogen-bond donors (Lipinski definition) is 0.